The smallest absolute Gasteiger partial charge is 0.325 e. The van der Waals surface area contributed by atoms with Crippen molar-refractivity contribution >= 4 is 23.2 Å². The molecule has 6 heteroatoms. The summed E-state index contributed by atoms with van der Waals surface area (Å²) in [5.74, 6) is -1.02. The molecule has 1 aromatic heterocycles. The fourth-order valence-electron chi connectivity index (χ4n) is 1.19. The lowest BCUT2D eigenvalue weighted by atomic mass is 10.1. The Bertz CT molecular complexity index is 415. The molecule has 0 unspecified atom stereocenters. The second-order valence-electron chi connectivity index (χ2n) is 4.26. The number of aromatic nitrogens is 1. The van der Waals surface area contributed by atoms with Gasteiger partial charge in [-0.05, 0) is 12.8 Å². The third kappa shape index (κ3) is 4.14. The van der Waals surface area contributed by atoms with Gasteiger partial charge in [-0.25, -0.2) is 4.98 Å². The molecule has 0 fully saturated rings. The molecule has 0 bridgehead atoms. The standard InChI is InChI=1S/C11H16N2O3S/c1-6(2)4-9-13-8(5-17-9)10(14)12-7(3)11(15)16/h5-7H,4H2,1-3H3,(H,12,14)(H,15,16)/t7-/m1/s1. The zero-order valence-corrected chi connectivity index (χ0v) is 10.9. The summed E-state index contributed by atoms with van der Waals surface area (Å²) in [5, 5.41) is 13.6. The summed E-state index contributed by atoms with van der Waals surface area (Å²) in [7, 11) is 0. The van der Waals surface area contributed by atoms with Crippen LogP contribution in [0.15, 0.2) is 5.38 Å². The van der Waals surface area contributed by atoms with Gasteiger partial charge in [-0.3, -0.25) is 9.59 Å². The summed E-state index contributed by atoms with van der Waals surface area (Å²) in [6.45, 7) is 5.57. The monoisotopic (exact) mass is 256 g/mol. The number of hydrogen-bond donors (Lipinski definition) is 2. The molecule has 1 heterocycles. The Hall–Kier alpha value is -1.43. The van der Waals surface area contributed by atoms with Crippen molar-refractivity contribution in [3.63, 3.8) is 0 Å². The van der Waals surface area contributed by atoms with Crippen molar-refractivity contribution in [3.05, 3.63) is 16.1 Å². The SMILES string of the molecule is CC(C)Cc1nc(C(=O)N[C@H](C)C(=O)O)cs1. The predicted molar refractivity (Wildman–Crippen MR) is 65.2 cm³/mol. The van der Waals surface area contributed by atoms with Crippen LogP contribution >= 0.6 is 11.3 Å². The second-order valence-corrected chi connectivity index (χ2v) is 5.20. The van der Waals surface area contributed by atoms with Crippen LogP contribution in [0.2, 0.25) is 0 Å². The zero-order valence-electron chi connectivity index (χ0n) is 10.1. The number of hydrogen-bond acceptors (Lipinski definition) is 4. The van der Waals surface area contributed by atoms with E-state index < -0.39 is 17.9 Å². The predicted octanol–water partition coefficient (Wildman–Crippen LogP) is 1.54. The van der Waals surface area contributed by atoms with Gasteiger partial charge in [-0.2, -0.15) is 0 Å². The third-order valence-electron chi connectivity index (χ3n) is 2.09. The molecule has 0 spiro atoms. The Balaban J connectivity index is 2.64. The number of aliphatic carboxylic acids is 1. The van der Waals surface area contributed by atoms with Crippen molar-refractivity contribution in [1.29, 1.82) is 0 Å². The van der Waals surface area contributed by atoms with Crippen molar-refractivity contribution in [2.75, 3.05) is 0 Å². The van der Waals surface area contributed by atoms with Crippen LogP contribution in [-0.2, 0) is 11.2 Å². The van der Waals surface area contributed by atoms with E-state index in [4.69, 9.17) is 5.11 Å². The van der Waals surface area contributed by atoms with Crippen LogP contribution < -0.4 is 5.32 Å². The van der Waals surface area contributed by atoms with E-state index in [1.54, 1.807) is 5.38 Å². The quantitative estimate of drug-likeness (QED) is 0.837. The first-order valence-electron chi connectivity index (χ1n) is 5.38. The minimum atomic E-state index is -1.06. The molecule has 0 saturated heterocycles. The van der Waals surface area contributed by atoms with E-state index in [0.717, 1.165) is 11.4 Å². The third-order valence-corrected chi connectivity index (χ3v) is 2.96. The van der Waals surface area contributed by atoms with Gasteiger partial charge in [0.1, 0.15) is 11.7 Å². The van der Waals surface area contributed by atoms with Gasteiger partial charge >= 0.3 is 5.97 Å². The van der Waals surface area contributed by atoms with E-state index in [1.807, 2.05) is 0 Å². The molecular formula is C11H16N2O3S. The number of carboxylic acid groups (broad SMARTS) is 1. The molecule has 0 aliphatic heterocycles. The molecule has 0 radical (unpaired) electrons. The minimum Gasteiger partial charge on any atom is -0.480 e. The molecule has 1 rings (SSSR count). The molecule has 1 amide bonds. The van der Waals surface area contributed by atoms with Crippen LogP contribution in [0.25, 0.3) is 0 Å². The minimum absolute atomic E-state index is 0.291. The van der Waals surface area contributed by atoms with E-state index in [1.165, 1.54) is 18.3 Å². The summed E-state index contributed by atoms with van der Waals surface area (Å²) in [5.41, 5.74) is 0.291. The number of amides is 1. The molecule has 0 aromatic carbocycles. The molecule has 5 nitrogen and oxygen atoms in total. The van der Waals surface area contributed by atoms with Crippen LogP contribution in [0.1, 0.15) is 36.3 Å². The normalized spacial score (nSPS) is 12.5. The largest absolute Gasteiger partial charge is 0.480 e. The fourth-order valence-corrected chi connectivity index (χ4v) is 2.18. The highest BCUT2D eigenvalue weighted by molar-refractivity contribution is 7.09. The Morgan fingerprint density at radius 2 is 2.12 bits per heavy atom. The number of carbonyl (C=O) groups excluding carboxylic acids is 1. The van der Waals surface area contributed by atoms with E-state index in [-0.39, 0.29) is 0 Å². The van der Waals surface area contributed by atoms with Crippen molar-refractivity contribution in [3.8, 4) is 0 Å². The molecule has 1 atom stereocenters. The van der Waals surface area contributed by atoms with E-state index in [9.17, 15) is 9.59 Å². The van der Waals surface area contributed by atoms with E-state index >= 15 is 0 Å². The number of nitrogens with one attached hydrogen (secondary N) is 1. The van der Waals surface area contributed by atoms with Gasteiger partial charge in [0.15, 0.2) is 0 Å². The Morgan fingerprint density at radius 3 is 2.65 bits per heavy atom. The maximum atomic E-state index is 11.6. The fraction of sp³-hybridized carbons (Fsp3) is 0.545. The molecular weight excluding hydrogens is 240 g/mol. The van der Waals surface area contributed by atoms with Crippen LogP contribution in [0.3, 0.4) is 0 Å². The number of thiazole rings is 1. The molecule has 2 N–H and O–H groups in total. The lowest BCUT2D eigenvalue weighted by Crippen LogP contribution is -2.38. The van der Waals surface area contributed by atoms with Gasteiger partial charge in [0.05, 0.1) is 5.01 Å². The number of nitrogens with zero attached hydrogens (tertiary/aromatic N) is 1. The van der Waals surface area contributed by atoms with Gasteiger partial charge in [0, 0.05) is 11.8 Å². The van der Waals surface area contributed by atoms with Gasteiger partial charge in [-0.15, -0.1) is 11.3 Å². The van der Waals surface area contributed by atoms with Crippen molar-refractivity contribution in [2.45, 2.75) is 33.2 Å². The van der Waals surface area contributed by atoms with E-state index in [2.05, 4.69) is 24.1 Å². The van der Waals surface area contributed by atoms with Crippen molar-refractivity contribution in [1.82, 2.24) is 10.3 Å². The lowest BCUT2D eigenvalue weighted by Gasteiger charge is -2.06. The van der Waals surface area contributed by atoms with Crippen LogP contribution in [-0.4, -0.2) is 28.0 Å². The average Bonchev–Trinajstić information content (AvgIpc) is 2.64. The van der Waals surface area contributed by atoms with Gasteiger partial charge < -0.3 is 10.4 Å². The van der Waals surface area contributed by atoms with Gasteiger partial charge in [0.25, 0.3) is 5.91 Å². The Labute approximate surface area is 104 Å². The summed E-state index contributed by atoms with van der Waals surface area (Å²) in [6.07, 6.45) is 0.826. The molecule has 0 aliphatic rings. The average molecular weight is 256 g/mol. The second kappa shape index (κ2) is 5.77. The molecule has 94 valence electrons. The zero-order chi connectivity index (χ0) is 13.0. The molecule has 17 heavy (non-hydrogen) atoms. The first kappa shape index (κ1) is 13.6. The van der Waals surface area contributed by atoms with Crippen molar-refractivity contribution < 1.29 is 14.7 Å². The van der Waals surface area contributed by atoms with Gasteiger partial charge in [0.2, 0.25) is 0 Å². The number of rotatable bonds is 5. The molecule has 0 aliphatic carbocycles. The summed E-state index contributed by atoms with van der Waals surface area (Å²) >= 11 is 1.42. The highest BCUT2D eigenvalue weighted by Crippen LogP contribution is 2.14. The maximum Gasteiger partial charge on any atom is 0.325 e. The first-order chi connectivity index (χ1) is 7.90. The van der Waals surface area contributed by atoms with Crippen molar-refractivity contribution in [2.24, 2.45) is 5.92 Å². The van der Waals surface area contributed by atoms with Crippen LogP contribution in [0.4, 0.5) is 0 Å². The topological polar surface area (TPSA) is 79.3 Å². The van der Waals surface area contributed by atoms with Crippen LogP contribution in [0, 0.1) is 5.92 Å². The lowest BCUT2D eigenvalue weighted by molar-refractivity contribution is -0.138. The highest BCUT2D eigenvalue weighted by atomic mass is 32.1. The number of carbonyl (C=O) groups is 2. The van der Waals surface area contributed by atoms with E-state index in [0.29, 0.717) is 11.6 Å². The molecule has 1 aromatic rings. The summed E-state index contributed by atoms with van der Waals surface area (Å²) in [4.78, 5) is 26.4. The maximum absolute atomic E-state index is 11.6. The van der Waals surface area contributed by atoms with Gasteiger partial charge in [-0.1, -0.05) is 13.8 Å². The van der Waals surface area contributed by atoms with Crippen LogP contribution in [0.5, 0.6) is 0 Å². The highest BCUT2D eigenvalue weighted by Gasteiger charge is 2.17. The Morgan fingerprint density at radius 1 is 1.47 bits per heavy atom. The number of carboxylic acids is 1. The molecule has 0 saturated carbocycles. The summed E-state index contributed by atoms with van der Waals surface area (Å²) < 4.78 is 0. The first-order valence-corrected chi connectivity index (χ1v) is 6.26. The Kier molecular flexibility index (Phi) is 4.62. The summed E-state index contributed by atoms with van der Waals surface area (Å²) in [6, 6.07) is -0.905.